The minimum Gasteiger partial charge on any atom is -0.311 e. The second kappa shape index (κ2) is 7.04. The van der Waals surface area contributed by atoms with Crippen molar-refractivity contribution in [2.75, 3.05) is 5.01 Å². The van der Waals surface area contributed by atoms with Crippen LogP contribution in [0.4, 0.5) is 11.4 Å². The molecule has 0 aromatic heterocycles. The number of nitrogens with one attached hydrogen (secondary N) is 1. The highest BCUT2D eigenvalue weighted by atomic mass is 16.2. The molecular formula is C18H17N5O2. The summed E-state index contributed by atoms with van der Waals surface area (Å²) in [5, 5.41) is 16.2. The first kappa shape index (κ1) is 16.5. The molecule has 0 saturated carbocycles. The Balaban J connectivity index is 1.90. The maximum atomic E-state index is 12.7. The number of hydrazone groups is 1. The zero-order valence-corrected chi connectivity index (χ0v) is 13.9. The number of hydrogen-bond donors (Lipinski definition) is 1. The standard InChI is InChI=1S/C18H17N5O2/c1-12-7-6-8-14(11-12)20-21-16-17(19-13(2)24)22-23(18(16)25)15-9-4-3-5-10-15/h3-11,16H,1-2H3,(H,19,22,24)/t16-/m1/s1. The van der Waals surface area contributed by atoms with E-state index in [9.17, 15) is 9.59 Å². The van der Waals surface area contributed by atoms with Gasteiger partial charge in [-0.15, -0.1) is 5.10 Å². The van der Waals surface area contributed by atoms with E-state index >= 15 is 0 Å². The fourth-order valence-electron chi connectivity index (χ4n) is 2.39. The van der Waals surface area contributed by atoms with E-state index in [-0.39, 0.29) is 17.6 Å². The number of azo groups is 1. The van der Waals surface area contributed by atoms with Crippen LogP contribution in [0.1, 0.15) is 12.5 Å². The predicted molar refractivity (Wildman–Crippen MR) is 94.7 cm³/mol. The Bertz CT molecular complexity index is 861. The van der Waals surface area contributed by atoms with Crippen LogP contribution in [0.3, 0.4) is 0 Å². The molecule has 3 rings (SSSR count). The molecule has 0 fully saturated rings. The summed E-state index contributed by atoms with van der Waals surface area (Å²) in [4.78, 5) is 24.1. The van der Waals surface area contributed by atoms with Crippen LogP contribution in [0, 0.1) is 6.92 Å². The first-order chi connectivity index (χ1) is 12.0. The van der Waals surface area contributed by atoms with E-state index in [1.807, 2.05) is 31.2 Å². The fourth-order valence-corrected chi connectivity index (χ4v) is 2.39. The molecule has 7 heteroatoms. The van der Waals surface area contributed by atoms with Crippen molar-refractivity contribution in [3.05, 3.63) is 60.2 Å². The Morgan fingerprint density at radius 1 is 1.16 bits per heavy atom. The molecule has 1 heterocycles. The van der Waals surface area contributed by atoms with E-state index < -0.39 is 6.04 Å². The Morgan fingerprint density at radius 3 is 2.60 bits per heavy atom. The summed E-state index contributed by atoms with van der Waals surface area (Å²) in [7, 11) is 0. The Kier molecular flexibility index (Phi) is 4.65. The molecule has 2 amide bonds. The number of nitrogens with zero attached hydrogens (tertiary/aromatic N) is 4. The van der Waals surface area contributed by atoms with Crippen molar-refractivity contribution >= 4 is 29.0 Å². The average Bonchev–Trinajstić information content (AvgIpc) is 2.89. The normalized spacial score (nSPS) is 17.0. The number of rotatable bonds is 3. The predicted octanol–water partition coefficient (Wildman–Crippen LogP) is 2.94. The summed E-state index contributed by atoms with van der Waals surface area (Å²) in [5.74, 6) is -0.527. The number of amidine groups is 1. The van der Waals surface area contributed by atoms with Crippen molar-refractivity contribution in [2.24, 2.45) is 15.3 Å². The van der Waals surface area contributed by atoms with Crippen molar-refractivity contribution in [1.82, 2.24) is 5.32 Å². The summed E-state index contributed by atoms with van der Waals surface area (Å²) in [6.07, 6.45) is 0. The molecule has 1 N–H and O–H groups in total. The molecule has 126 valence electrons. The molecule has 25 heavy (non-hydrogen) atoms. The van der Waals surface area contributed by atoms with Crippen molar-refractivity contribution < 1.29 is 9.59 Å². The summed E-state index contributed by atoms with van der Waals surface area (Å²) >= 11 is 0. The van der Waals surface area contributed by atoms with Gasteiger partial charge in [0.15, 0.2) is 5.84 Å². The molecule has 0 radical (unpaired) electrons. The monoisotopic (exact) mass is 335 g/mol. The minimum atomic E-state index is -0.982. The van der Waals surface area contributed by atoms with Gasteiger partial charge in [0.2, 0.25) is 11.9 Å². The highest BCUT2D eigenvalue weighted by Crippen LogP contribution is 2.22. The van der Waals surface area contributed by atoms with Crippen molar-refractivity contribution in [2.45, 2.75) is 19.9 Å². The second-order valence-corrected chi connectivity index (χ2v) is 5.61. The molecule has 0 bridgehead atoms. The van der Waals surface area contributed by atoms with E-state index in [1.54, 1.807) is 30.3 Å². The maximum absolute atomic E-state index is 12.7. The van der Waals surface area contributed by atoms with Gasteiger partial charge >= 0.3 is 0 Å². The van der Waals surface area contributed by atoms with Crippen LogP contribution in [-0.4, -0.2) is 23.7 Å². The quantitative estimate of drug-likeness (QED) is 0.874. The Labute approximate surface area is 145 Å². The largest absolute Gasteiger partial charge is 0.311 e. The zero-order chi connectivity index (χ0) is 17.8. The van der Waals surface area contributed by atoms with Gasteiger partial charge in [-0.05, 0) is 36.8 Å². The minimum absolute atomic E-state index is 0.165. The molecule has 7 nitrogen and oxygen atoms in total. The number of carbonyl (C=O) groups excluding carboxylic acids is 2. The lowest BCUT2D eigenvalue weighted by Crippen LogP contribution is -2.38. The van der Waals surface area contributed by atoms with Crippen molar-refractivity contribution in [3.63, 3.8) is 0 Å². The van der Waals surface area contributed by atoms with Gasteiger partial charge in [-0.25, -0.2) is 0 Å². The molecule has 0 saturated heterocycles. The van der Waals surface area contributed by atoms with Crippen LogP contribution in [0.25, 0.3) is 0 Å². The van der Waals surface area contributed by atoms with Gasteiger partial charge in [-0.1, -0.05) is 30.3 Å². The van der Waals surface area contributed by atoms with E-state index in [0.29, 0.717) is 11.4 Å². The fraction of sp³-hybridized carbons (Fsp3) is 0.167. The van der Waals surface area contributed by atoms with Gasteiger partial charge in [-0.3, -0.25) is 9.59 Å². The topological polar surface area (TPSA) is 86.5 Å². The molecule has 2 aromatic carbocycles. The lowest BCUT2D eigenvalue weighted by atomic mass is 10.2. The number of carbonyl (C=O) groups is 2. The van der Waals surface area contributed by atoms with Gasteiger partial charge in [0.05, 0.1) is 11.4 Å². The summed E-state index contributed by atoms with van der Waals surface area (Å²) in [6, 6.07) is 15.4. The molecular weight excluding hydrogens is 318 g/mol. The molecule has 1 aliphatic heterocycles. The molecule has 0 spiro atoms. The van der Waals surface area contributed by atoms with E-state index in [4.69, 9.17) is 0 Å². The SMILES string of the molecule is CC(=O)NC1=NN(c2ccccc2)C(=O)[C@@H]1N=Nc1cccc(C)c1. The number of benzene rings is 2. The number of para-hydroxylation sites is 1. The van der Waals surface area contributed by atoms with Gasteiger partial charge in [0, 0.05) is 6.92 Å². The van der Waals surface area contributed by atoms with Crippen LogP contribution in [0.2, 0.25) is 0 Å². The number of amides is 2. The third kappa shape index (κ3) is 3.77. The van der Waals surface area contributed by atoms with Crippen molar-refractivity contribution in [1.29, 1.82) is 0 Å². The highest BCUT2D eigenvalue weighted by Gasteiger charge is 2.37. The van der Waals surface area contributed by atoms with Crippen LogP contribution >= 0.6 is 0 Å². The van der Waals surface area contributed by atoms with Gasteiger partial charge in [0.1, 0.15) is 0 Å². The second-order valence-electron chi connectivity index (χ2n) is 5.61. The lowest BCUT2D eigenvalue weighted by molar-refractivity contribution is -0.117. The summed E-state index contributed by atoms with van der Waals surface area (Å²) < 4.78 is 0. The van der Waals surface area contributed by atoms with Crippen LogP contribution in [-0.2, 0) is 9.59 Å². The molecule has 2 aromatic rings. The van der Waals surface area contributed by atoms with E-state index in [1.165, 1.54) is 11.9 Å². The smallest absolute Gasteiger partial charge is 0.282 e. The molecule has 1 atom stereocenters. The summed E-state index contributed by atoms with van der Waals surface area (Å²) in [5.41, 5.74) is 2.27. The van der Waals surface area contributed by atoms with Gasteiger partial charge < -0.3 is 5.32 Å². The van der Waals surface area contributed by atoms with Crippen molar-refractivity contribution in [3.8, 4) is 0 Å². The van der Waals surface area contributed by atoms with E-state index in [0.717, 1.165) is 5.56 Å². The number of anilines is 1. The Morgan fingerprint density at radius 2 is 1.92 bits per heavy atom. The number of hydrogen-bond acceptors (Lipinski definition) is 5. The zero-order valence-electron chi connectivity index (χ0n) is 13.9. The Hall–Kier alpha value is -3.35. The van der Waals surface area contributed by atoms with Gasteiger partial charge in [0.25, 0.3) is 5.91 Å². The summed E-state index contributed by atoms with van der Waals surface area (Å²) in [6.45, 7) is 3.30. The third-order valence-corrected chi connectivity index (χ3v) is 3.50. The van der Waals surface area contributed by atoms with E-state index in [2.05, 4.69) is 20.6 Å². The van der Waals surface area contributed by atoms with Crippen LogP contribution in [0.15, 0.2) is 69.9 Å². The molecule has 0 aliphatic carbocycles. The maximum Gasteiger partial charge on any atom is 0.282 e. The average molecular weight is 335 g/mol. The first-order valence-electron chi connectivity index (χ1n) is 7.77. The van der Waals surface area contributed by atoms with Crippen LogP contribution in [0.5, 0.6) is 0 Å². The molecule has 0 unspecified atom stereocenters. The lowest BCUT2D eigenvalue weighted by Gasteiger charge is -2.11. The molecule has 1 aliphatic rings. The first-order valence-corrected chi connectivity index (χ1v) is 7.77. The van der Waals surface area contributed by atoms with Gasteiger partial charge in [-0.2, -0.15) is 15.2 Å². The third-order valence-electron chi connectivity index (χ3n) is 3.50. The highest BCUT2D eigenvalue weighted by molar-refractivity contribution is 6.21. The van der Waals surface area contributed by atoms with Crippen LogP contribution < -0.4 is 10.3 Å². The number of aryl methyl sites for hydroxylation is 1.